The Kier molecular flexibility index (Phi) is 7.20. The first-order valence-corrected chi connectivity index (χ1v) is 12.0. The molecule has 164 valence electrons. The van der Waals surface area contributed by atoms with Crippen LogP contribution in [0.1, 0.15) is 29.4 Å². The van der Waals surface area contributed by atoms with Crippen molar-refractivity contribution in [3.05, 3.63) is 102 Å². The van der Waals surface area contributed by atoms with Gasteiger partial charge < -0.3 is 4.74 Å². The molecule has 4 rings (SSSR count). The van der Waals surface area contributed by atoms with Crippen molar-refractivity contribution in [1.29, 1.82) is 5.26 Å². The van der Waals surface area contributed by atoms with Crippen molar-refractivity contribution in [1.82, 2.24) is 9.66 Å². The summed E-state index contributed by atoms with van der Waals surface area (Å²) in [5.41, 5.74) is 2.71. The molecule has 0 radical (unpaired) electrons. The van der Waals surface area contributed by atoms with Gasteiger partial charge in [0, 0.05) is 16.5 Å². The second-order valence-electron chi connectivity index (χ2n) is 7.15. The highest BCUT2D eigenvalue weighted by atomic mass is 127. The van der Waals surface area contributed by atoms with Crippen molar-refractivity contribution in [2.45, 2.75) is 20.0 Å². The van der Waals surface area contributed by atoms with Crippen molar-refractivity contribution < 1.29 is 4.74 Å². The molecule has 4 aromatic rings. The monoisotopic (exact) mass is 612 g/mol. The molecular weight excluding hydrogens is 595 g/mol. The van der Waals surface area contributed by atoms with Crippen molar-refractivity contribution in [2.24, 2.45) is 5.10 Å². The van der Waals surface area contributed by atoms with Crippen LogP contribution in [0.3, 0.4) is 0 Å². The van der Waals surface area contributed by atoms with Gasteiger partial charge in [-0.05, 0) is 70.6 Å². The predicted octanol–water partition coefficient (Wildman–Crippen LogP) is 5.66. The second kappa shape index (κ2) is 10.3. The Morgan fingerprint density at radius 3 is 2.79 bits per heavy atom. The van der Waals surface area contributed by atoms with Crippen LogP contribution < -0.4 is 10.3 Å². The third-order valence-corrected chi connectivity index (χ3v) is 6.33. The van der Waals surface area contributed by atoms with Gasteiger partial charge in [-0.3, -0.25) is 4.79 Å². The molecule has 6 nitrogen and oxygen atoms in total. The number of aromatic nitrogens is 2. The number of hydrogen-bond donors (Lipinski definition) is 0. The highest BCUT2D eigenvalue weighted by molar-refractivity contribution is 14.1. The van der Waals surface area contributed by atoms with E-state index in [1.165, 1.54) is 4.68 Å². The Labute approximate surface area is 212 Å². The molecule has 0 bridgehead atoms. The first-order valence-electron chi connectivity index (χ1n) is 10.2. The minimum absolute atomic E-state index is 0.208. The van der Waals surface area contributed by atoms with Gasteiger partial charge in [-0.2, -0.15) is 15.0 Å². The maximum absolute atomic E-state index is 13.0. The molecule has 0 aliphatic carbocycles. The van der Waals surface area contributed by atoms with Crippen LogP contribution in [0.25, 0.3) is 10.9 Å². The zero-order chi connectivity index (χ0) is 23.4. The van der Waals surface area contributed by atoms with Crippen LogP contribution in [0.5, 0.6) is 5.75 Å². The van der Waals surface area contributed by atoms with Crippen LogP contribution in [0.15, 0.2) is 75.0 Å². The quantitative estimate of drug-likeness (QED) is 0.208. The van der Waals surface area contributed by atoms with Gasteiger partial charge in [0.2, 0.25) is 0 Å². The number of ether oxygens (including phenoxy) is 1. The normalized spacial score (nSPS) is 11.1. The van der Waals surface area contributed by atoms with E-state index in [4.69, 9.17) is 4.74 Å². The van der Waals surface area contributed by atoms with Crippen LogP contribution in [-0.2, 0) is 13.0 Å². The molecule has 3 aromatic carbocycles. The van der Waals surface area contributed by atoms with Crippen LogP contribution >= 0.6 is 38.5 Å². The van der Waals surface area contributed by atoms with E-state index in [-0.39, 0.29) is 5.56 Å². The summed E-state index contributed by atoms with van der Waals surface area (Å²) in [5, 5.41) is 14.2. The fraction of sp³-hybridized carbons (Fsp3) is 0.120. The highest BCUT2D eigenvalue weighted by Crippen LogP contribution is 2.23. The molecular formula is C25H18BrIN4O2. The number of nitrogens with zero attached hydrogens (tertiary/aromatic N) is 4. The number of fused-ring (bicyclic) bond motifs is 1. The standard InChI is InChI=1S/C25H18BrIN4O2/c1-2-24-30-22-9-8-19(26)12-20(22)25(32)31(24)29-14-16-7-10-23(21(27)11-16)33-15-18-6-4-3-5-17(18)13-28/h3-12,14H,2,15H2,1H3. The summed E-state index contributed by atoms with van der Waals surface area (Å²) in [7, 11) is 0. The van der Waals surface area contributed by atoms with Crippen molar-refractivity contribution in [3.8, 4) is 11.8 Å². The second-order valence-corrected chi connectivity index (χ2v) is 9.23. The Balaban J connectivity index is 1.59. The van der Waals surface area contributed by atoms with Crippen LogP contribution in [0.2, 0.25) is 0 Å². The van der Waals surface area contributed by atoms with E-state index < -0.39 is 0 Å². The Morgan fingerprint density at radius 1 is 1.21 bits per heavy atom. The lowest BCUT2D eigenvalue weighted by atomic mass is 10.1. The summed E-state index contributed by atoms with van der Waals surface area (Å²) in [6.07, 6.45) is 2.22. The molecule has 0 N–H and O–H groups in total. The number of aryl methyl sites for hydroxylation is 1. The zero-order valence-corrected chi connectivity index (χ0v) is 21.4. The first-order chi connectivity index (χ1) is 16.0. The molecule has 0 saturated heterocycles. The summed E-state index contributed by atoms with van der Waals surface area (Å²) in [4.78, 5) is 17.6. The minimum Gasteiger partial charge on any atom is -0.488 e. The summed E-state index contributed by atoms with van der Waals surface area (Å²) in [6.45, 7) is 2.25. The van der Waals surface area contributed by atoms with E-state index in [1.54, 1.807) is 18.3 Å². The van der Waals surface area contributed by atoms with Gasteiger partial charge in [-0.1, -0.05) is 41.1 Å². The Bertz CT molecular complexity index is 1470. The number of rotatable bonds is 6. The first kappa shape index (κ1) is 23.1. The number of halogens is 2. The van der Waals surface area contributed by atoms with Gasteiger partial charge in [-0.15, -0.1) is 0 Å². The van der Waals surface area contributed by atoms with Crippen molar-refractivity contribution in [3.63, 3.8) is 0 Å². The van der Waals surface area contributed by atoms with Crippen molar-refractivity contribution >= 4 is 55.6 Å². The molecule has 1 heterocycles. The molecule has 0 saturated carbocycles. The average molecular weight is 613 g/mol. The average Bonchev–Trinajstić information content (AvgIpc) is 2.83. The predicted molar refractivity (Wildman–Crippen MR) is 141 cm³/mol. The number of hydrogen-bond acceptors (Lipinski definition) is 5. The minimum atomic E-state index is -0.208. The third-order valence-electron chi connectivity index (χ3n) is 4.99. The van der Waals surface area contributed by atoms with E-state index in [1.807, 2.05) is 55.5 Å². The molecule has 1 aromatic heterocycles. The maximum Gasteiger partial charge on any atom is 0.282 e. The van der Waals surface area contributed by atoms with Gasteiger partial charge in [0.15, 0.2) is 0 Å². The topological polar surface area (TPSA) is 80.3 Å². The van der Waals surface area contributed by atoms with Gasteiger partial charge in [0.25, 0.3) is 5.56 Å². The van der Waals surface area contributed by atoms with E-state index >= 15 is 0 Å². The maximum atomic E-state index is 13.0. The lowest BCUT2D eigenvalue weighted by molar-refractivity contribution is 0.303. The molecule has 0 fully saturated rings. The van der Waals surface area contributed by atoms with Gasteiger partial charge in [-0.25, -0.2) is 4.98 Å². The van der Waals surface area contributed by atoms with E-state index in [0.29, 0.717) is 41.1 Å². The molecule has 8 heteroatoms. The highest BCUT2D eigenvalue weighted by Gasteiger charge is 2.10. The van der Waals surface area contributed by atoms with E-state index in [9.17, 15) is 10.1 Å². The summed E-state index contributed by atoms with van der Waals surface area (Å²) in [5.74, 6) is 1.31. The number of nitriles is 1. The summed E-state index contributed by atoms with van der Waals surface area (Å²) in [6, 6.07) is 20.7. The Morgan fingerprint density at radius 2 is 2.03 bits per heavy atom. The van der Waals surface area contributed by atoms with Crippen LogP contribution in [0.4, 0.5) is 0 Å². The largest absolute Gasteiger partial charge is 0.488 e. The summed E-state index contributed by atoms with van der Waals surface area (Å²) >= 11 is 5.61. The lowest BCUT2D eigenvalue weighted by Gasteiger charge is -2.10. The fourth-order valence-corrected chi connectivity index (χ4v) is 4.35. The molecule has 0 spiro atoms. The van der Waals surface area contributed by atoms with Crippen LogP contribution in [0, 0.1) is 14.9 Å². The van der Waals surface area contributed by atoms with E-state index in [2.05, 4.69) is 54.7 Å². The lowest BCUT2D eigenvalue weighted by Crippen LogP contribution is -2.22. The summed E-state index contributed by atoms with van der Waals surface area (Å²) < 4.78 is 8.99. The van der Waals surface area contributed by atoms with Gasteiger partial charge in [0.1, 0.15) is 18.2 Å². The molecule has 0 aliphatic heterocycles. The third kappa shape index (κ3) is 5.15. The number of benzene rings is 3. The molecule has 0 amide bonds. The van der Waals surface area contributed by atoms with Gasteiger partial charge >= 0.3 is 0 Å². The SMILES string of the molecule is CCc1nc2ccc(Br)cc2c(=O)n1N=Cc1ccc(OCc2ccccc2C#N)c(I)c1. The smallest absolute Gasteiger partial charge is 0.282 e. The van der Waals surface area contributed by atoms with Crippen LogP contribution in [-0.4, -0.2) is 15.9 Å². The zero-order valence-electron chi connectivity index (χ0n) is 17.6. The van der Waals surface area contributed by atoms with Gasteiger partial charge in [0.05, 0.1) is 32.3 Å². The molecule has 33 heavy (non-hydrogen) atoms. The molecule has 0 aliphatic rings. The fourth-order valence-electron chi connectivity index (χ4n) is 3.29. The molecule has 0 unspecified atom stereocenters. The molecule has 0 atom stereocenters. The van der Waals surface area contributed by atoms with Crippen molar-refractivity contribution in [2.75, 3.05) is 0 Å². The Hall–Kier alpha value is -3.03. The van der Waals surface area contributed by atoms with E-state index in [0.717, 1.165) is 19.2 Å².